The molecule has 0 unspecified atom stereocenters. The molecule has 0 heterocycles. The van der Waals surface area contributed by atoms with Crippen molar-refractivity contribution >= 4 is 39.1 Å². The van der Waals surface area contributed by atoms with Crippen molar-refractivity contribution in [1.29, 1.82) is 0 Å². The Kier molecular flexibility index (Phi) is 9.53. The summed E-state index contributed by atoms with van der Waals surface area (Å²) in [7, 11) is -4.11. The van der Waals surface area contributed by atoms with Gasteiger partial charge in [0.15, 0.2) is 0 Å². The van der Waals surface area contributed by atoms with Crippen molar-refractivity contribution in [2.24, 2.45) is 0 Å². The number of carbonyl (C=O) groups is 2. The Balaban J connectivity index is 1.72. The molecule has 3 aromatic carbocycles. The van der Waals surface area contributed by atoms with Crippen molar-refractivity contribution in [1.82, 2.24) is 10.2 Å². The highest BCUT2D eigenvalue weighted by Gasteiger charge is 2.34. The molecule has 1 saturated carbocycles. The van der Waals surface area contributed by atoms with Crippen molar-refractivity contribution in [3.05, 3.63) is 94.5 Å². The van der Waals surface area contributed by atoms with Crippen molar-refractivity contribution in [2.45, 2.75) is 70.0 Å². The van der Waals surface area contributed by atoms with Gasteiger partial charge >= 0.3 is 0 Å². The van der Waals surface area contributed by atoms with Crippen LogP contribution >= 0.6 is 11.6 Å². The van der Waals surface area contributed by atoms with Gasteiger partial charge in [-0.15, -0.1) is 0 Å². The molecule has 1 aliphatic carbocycles. The number of benzene rings is 3. The zero-order valence-corrected chi connectivity index (χ0v) is 24.7. The third kappa shape index (κ3) is 6.67. The van der Waals surface area contributed by atoms with Crippen LogP contribution in [0.15, 0.2) is 77.7 Å². The molecule has 0 saturated heterocycles. The first-order valence-electron chi connectivity index (χ1n) is 13.6. The quantitative estimate of drug-likeness (QED) is 0.336. The number of hydrogen-bond acceptors (Lipinski definition) is 4. The van der Waals surface area contributed by atoms with Gasteiger partial charge in [0, 0.05) is 17.6 Å². The van der Waals surface area contributed by atoms with E-state index in [-0.39, 0.29) is 23.4 Å². The Bertz CT molecular complexity index is 1460. The molecular formula is C31H36ClN3O4S. The summed E-state index contributed by atoms with van der Waals surface area (Å²) in [5.41, 5.74) is 2.73. The summed E-state index contributed by atoms with van der Waals surface area (Å²) >= 11 is 6.44. The predicted molar refractivity (Wildman–Crippen MR) is 159 cm³/mol. The minimum atomic E-state index is -4.11. The number of hydrogen-bond donors (Lipinski definition) is 1. The number of carbonyl (C=O) groups excluding carboxylic acids is 2. The first-order chi connectivity index (χ1) is 19.1. The van der Waals surface area contributed by atoms with Crippen molar-refractivity contribution in [3.63, 3.8) is 0 Å². The maximum atomic E-state index is 14.1. The molecule has 40 heavy (non-hydrogen) atoms. The largest absolute Gasteiger partial charge is 0.352 e. The summed E-state index contributed by atoms with van der Waals surface area (Å²) in [6.07, 6.45) is 3.94. The molecule has 0 radical (unpaired) electrons. The highest BCUT2D eigenvalue weighted by atomic mass is 35.5. The molecule has 212 valence electrons. The normalized spacial score (nSPS) is 14.5. The van der Waals surface area contributed by atoms with Crippen LogP contribution in [-0.4, -0.2) is 43.8 Å². The molecule has 3 aromatic rings. The number of rotatable bonds is 10. The van der Waals surface area contributed by atoms with Crippen LogP contribution < -0.4 is 9.62 Å². The van der Waals surface area contributed by atoms with Gasteiger partial charge in [-0.3, -0.25) is 13.9 Å². The van der Waals surface area contributed by atoms with E-state index in [2.05, 4.69) is 5.32 Å². The first kappa shape index (κ1) is 29.6. The summed E-state index contributed by atoms with van der Waals surface area (Å²) in [6.45, 7) is 4.98. The predicted octanol–water partition coefficient (Wildman–Crippen LogP) is 5.63. The lowest BCUT2D eigenvalue weighted by molar-refractivity contribution is -0.139. The maximum absolute atomic E-state index is 14.1. The van der Waals surface area contributed by atoms with Crippen LogP contribution in [0.25, 0.3) is 0 Å². The van der Waals surface area contributed by atoms with Gasteiger partial charge in [0.1, 0.15) is 12.6 Å². The summed E-state index contributed by atoms with van der Waals surface area (Å²) in [5.74, 6) is -0.772. The summed E-state index contributed by atoms with van der Waals surface area (Å²) in [6, 6.07) is 19.8. The second kappa shape index (κ2) is 12.9. The van der Waals surface area contributed by atoms with Gasteiger partial charge in [-0.1, -0.05) is 73.0 Å². The summed E-state index contributed by atoms with van der Waals surface area (Å²) in [5, 5.41) is 3.54. The van der Waals surface area contributed by atoms with Gasteiger partial charge in [-0.05, 0) is 74.6 Å². The maximum Gasteiger partial charge on any atom is 0.264 e. The van der Waals surface area contributed by atoms with E-state index < -0.39 is 28.5 Å². The first-order valence-corrected chi connectivity index (χ1v) is 15.4. The second-order valence-corrected chi connectivity index (χ2v) is 12.6. The third-order valence-electron chi connectivity index (χ3n) is 7.62. The molecular weight excluding hydrogens is 546 g/mol. The van der Waals surface area contributed by atoms with Gasteiger partial charge in [0.25, 0.3) is 10.0 Å². The van der Waals surface area contributed by atoms with Gasteiger partial charge in [0.2, 0.25) is 11.8 Å². The number of amides is 2. The smallest absolute Gasteiger partial charge is 0.264 e. The van der Waals surface area contributed by atoms with Gasteiger partial charge in [-0.25, -0.2) is 8.42 Å². The average Bonchev–Trinajstić information content (AvgIpc) is 3.46. The number of sulfonamides is 1. The fraction of sp³-hybridized carbons (Fsp3) is 0.355. The Morgan fingerprint density at radius 1 is 0.950 bits per heavy atom. The zero-order valence-electron chi connectivity index (χ0n) is 23.1. The SMILES string of the molecule is Cc1cccc(N(CC(=O)N(Cc2ccccc2Cl)[C@@H](C)C(=O)NC2CCCC2)S(=O)(=O)c2ccccc2)c1C. The lowest BCUT2D eigenvalue weighted by atomic mass is 10.1. The number of nitrogens with zero attached hydrogens (tertiary/aromatic N) is 2. The standard InChI is InChI=1S/C31H36ClN3O4S/c1-22-12-11-19-29(23(22)2)35(40(38,39)27-16-5-4-6-17-27)21-30(36)34(20-25-13-7-10-18-28(25)32)24(3)31(37)33-26-14-8-9-15-26/h4-7,10-13,16-19,24,26H,8-9,14-15,20-21H2,1-3H3,(H,33,37)/t24-/m0/s1. The molecule has 0 aliphatic heterocycles. The molecule has 9 heteroatoms. The van der Waals surface area contributed by atoms with Crippen LogP contribution in [0.1, 0.15) is 49.3 Å². The molecule has 0 aromatic heterocycles. The number of anilines is 1. The fourth-order valence-corrected chi connectivity index (χ4v) is 6.71. The van der Waals surface area contributed by atoms with Crippen LogP contribution in [0, 0.1) is 13.8 Å². The molecule has 1 atom stereocenters. The van der Waals surface area contributed by atoms with Crippen molar-refractivity contribution < 1.29 is 18.0 Å². The van der Waals surface area contributed by atoms with Crippen molar-refractivity contribution in [3.8, 4) is 0 Å². The van der Waals surface area contributed by atoms with Crippen LogP contribution in [0.2, 0.25) is 5.02 Å². The lowest BCUT2D eigenvalue weighted by Gasteiger charge is -2.33. The average molecular weight is 582 g/mol. The monoisotopic (exact) mass is 581 g/mol. The van der Waals surface area contributed by atoms with E-state index in [9.17, 15) is 18.0 Å². The molecule has 1 N–H and O–H groups in total. The molecule has 1 fully saturated rings. The second-order valence-electron chi connectivity index (χ2n) is 10.3. The zero-order chi connectivity index (χ0) is 28.9. The van der Waals surface area contributed by atoms with E-state index in [1.54, 1.807) is 55.5 Å². The van der Waals surface area contributed by atoms with Gasteiger partial charge in [0.05, 0.1) is 10.6 Å². The lowest BCUT2D eigenvalue weighted by Crippen LogP contribution is -2.52. The van der Waals surface area contributed by atoms with Crippen molar-refractivity contribution in [2.75, 3.05) is 10.8 Å². The van der Waals surface area contributed by atoms with Crippen LogP contribution in [-0.2, 0) is 26.2 Å². The Morgan fingerprint density at radius 3 is 2.27 bits per heavy atom. The minimum Gasteiger partial charge on any atom is -0.352 e. The highest BCUT2D eigenvalue weighted by molar-refractivity contribution is 7.92. The number of halogens is 1. The topological polar surface area (TPSA) is 86.8 Å². The number of aryl methyl sites for hydroxylation is 1. The Labute approximate surface area is 242 Å². The van der Waals surface area contributed by atoms with Gasteiger partial charge < -0.3 is 10.2 Å². The molecule has 7 nitrogen and oxygen atoms in total. The molecule has 0 bridgehead atoms. The summed E-state index contributed by atoms with van der Waals surface area (Å²) in [4.78, 5) is 28.9. The minimum absolute atomic E-state index is 0.0593. The Morgan fingerprint density at radius 2 is 1.60 bits per heavy atom. The van der Waals surface area contributed by atoms with Crippen LogP contribution in [0.3, 0.4) is 0 Å². The molecule has 4 rings (SSSR count). The van der Waals surface area contributed by atoms with Gasteiger partial charge in [-0.2, -0.15) is 0 Å². The van der Waals surface area contributed by atoms with E-state index in [4.69, 9.17) is 11.6 Å². The van der Waals surface area contributed by atoms with Crippen LogP contribution in [0.5, 0.6) is 0 Å². The molecule has 2 amide bonds. The van der Waals surface area contributed by atoms with E-state index in [0.29, 0.717) is 16.3 Å². The van der Waals surface area contributed by atoms with E-state index in [1.807, 2.05) is 26.0 Å². The number of nitrogens with one attached hydrogen (secondary N) is 1. The Hall–Kier alpha value is -3.36. The van der Waals surface area contributed by atoms with E-state index in [0.717, 1.165) is 41.1 Å². The third-order valence-corrected chi connectivity index (χ3v) is 9.76. The highest BCUT2D eigenvalue weighted by Crippen LogP contribution is 2.29. The fourth-order valence-electron chi connectivity index (χ4n) is 5.02. The van der Waals surface area contributed by atoms with E-state index in [1.165, 1.54) is 17.0 Å². The molecule has 0 spiro atoms. The molecule has 1 aliphatic rings. The summed E-state index contributed by atoms with van der Waals surface area (Å²) < 4.78 is 29.1. The van der Waals surface area contributed by atoms with Crippen LogP contribution in [0.4, 0.5) is 5.69 Å². The van der Waals surface area contributed by atoms with E-state index >= 15 is 0 Å².